The van der Waals surface area contributed by atoms with Gasteiger partial charge in [0.2, 0.25) is 5.91 Å². The van der Waals surface area contributed by atoms with Gasteiger partial charge in [-0.25, -0.2) is 0 Å². The molecule has 1 aliphatic rings. The van der Waals surface area contributed by atoms with Crippen molar-refractivity contribution in [2.75, 3.05) is 20.2 Å². The number of ether oxygens (including phenoxy) is 1. The molecule has 0 radical (unpaired) electrons. The van der Waals surface area contributed by atoms with Crippen molar-refractivity contribution in [3.05, 3.63) is 29.8 Å². The third-order valence-electron chi connectivity index (χ3n) is 3.95. The summed E-state index contributed by atoms with van der Waals surface area (Å²) >= 11 is 0. The van der Waals surface area contributed by atoms with Crippen molar-refractivity contribution < 1.29 is 9.53 Å². The average Bonchev–Trinajstić information content (AvgIpc) is 2.52. The quantitative estimate of drug-likeness (QED) is 0.744. The van der Waals surface area contributed by atoms with Crippen LogP contribution in [0.4, 0.5) is 0 Å². The fraction of sp³-hybridized carbons (Fsp3) is 0.588. The Morgan fingerprint density at radius 2 is 2.00 bits per heavy atom. The number of methoxy groups -OCH3 is 1. The molecule has 3 heteroatoms. The number of nitrogens with zero attached hydrogens (tertiary/aromatic N) is 1. The van der Waals surface area contributed by atoms with Crippen molar-refractivity contribution in [1.29, 1.82) is 0 Å². The van der Waals surface area contributed by atoms with E-state index in [0.29, 0.717) is 12.3 Å². The molecule has 0 N–H and O–H groups in total. The number of hydrogen-bond acceptors (Lipinski definition) is 2. The predicted molar refractivity (Wildman–Crippen MR) is 81.0 cm³/mol. The summed E-state index contributed by atoms with van der Waals surface area (Å²) in [7, 11) is 1.69. The molecule has 1 aromatic rings. The molecule has 0 aliphatic carbocycles. The lowest BCUT2D eigenvalue weighted by atomic mass is 10.1. The summed E-state index contributed by atoms with van der Waals surface area (Å²) in [5.41, 5.74) is 1.29. The number of hydrogen-bond donors (Lipinski definition) is 0. The Labute approximate surface area is 121 Å². The fourth-order valence-corrected chi connectivity index (χ4v) is 2.73. The second-order valence-electron chi connectivity index (χ2n) is 5.50. The molecule has 1 fully saturated rings. The van der Waals surface area contributed by atoms with Crippen LogP contribution in [0.25, 0.3) is 0 Å². The predicted octanol–water partition coefficient (Wildman–Crippen LogP) is 3.42. The molecular weight excluding hydrogens is 250 g/mol. The van der Waals surface area contributed by atoms with Crippen molar-refractivity contribution in [2.45, 2.75) is 44.9 Å². The van der Waals surface area contributed by atoms with E-state index in [2.05, 4.69) is 12.1 Å². The van der Waals surface area contributed by atoms with Crippen LogP contribution in [0.1, 0.15) is 44.1 Å². The first-order valence-electron chi connectivity index (χ1n) is 7.70. The molecule has 1 aliphatic heterocycles. The van der Waals surface area contributed by atoms with Gasteiger partial charge in [-0.1, -0.05) is 12.1 Å². The summed E-state index contributed by atoms with van der Waals surface area (Å²) in [5, 5.41) is 0. The van der Waals surface area contributed by atoms with E-state index in [-0.39, 0.29) is 0 Å². The molecular formula is C17H25NO2. The zero-order chi connectivity index (χ0) is 14.2. The van der Waals surface area contributed by atoms with Crippen LogP contribution in [0.15, 0.2) is 24.3 Å². The Bertz CT molecular complexity index is 425. The van der Waals surface area contributed by atoms with E-state index in [1.807, 2.05) is 17.0 Å². The molecule has 110 valence electrons. The third-order valence-corrected chi connectivity index (χ3v) is 3.95. The van der Waals surface area contributed by atoms with Crippen LogP contribution in [-0.4, -0.2) is 31.0 Å². The molecule has 0 aromatic heterocycles. The summed E-state index contributed by atoms with van der Waals surface area (Å²) in [6, 6.07) is 8.18. The molecule has 2 rings (SSSR count). The largest absolute Gasteiger partial charge is 0.497 e. The van der Waals surface area contributed by atoms with Gasteiger partial charge in [0, 0.05) is 19.5 Å². The van der Waals surface area contributed by atoms with E-state index < -0.39 is 0 Å². The Hall–Kier alpha value is -1.51. The number of benzene rings is 1. The first-order chi connectivity index (χ1) is 9.79. The van der Waals surface area contributed by atoms with Gasteiger partial charge in [-0.15, -0.1) is 0 Å². The maximum absolute atomic E-state index is 12.0. The summed E-state index contributed by atoms with van der Waals surface area (Å²) in [6.07, 6.45) is 7.39. The van der Waals surface area contributed by atoms with Crippen LogP contribution in [-0.2, 0) is 11.2 Å². The van der Waals surface area contributed by atoms with Gasteiger partial charge < -0.3 is 9.64 Å². The molecule has 20 heavy (non-hydrogen) atoms. The highest BCUT2D eigenvalue weighted by Crippen LogP contribution is 2.16. The van der Waals surface area contributed by atoms with Crippen molar-refractivity contribution in [2.24, 2.45) is 0 Å². The van der Waals surface area contributed by atoms with Crippen LogP contribution >= 0.6 is 0 Å². The topological polar surface area (TPSA) is 29.5 Å². The van der Waals surface area contributed by atoms with Gasteiger partial charge in [-0.3, -0.25) is 4.79 Å². The molecule has 0 saturated carbocycles. The second-order valence-corrected chi connectivity index (χ2v) is 5.50. The maximum atomic E-state index is 12.0. The van der Waals surface area contributed by atoms with Crippen molar-refractivity contribution >= 4 is 5.91 Å². The molecule has 0 spiro atoms. The van der Waals surface area contributed by atoms with Crippen LogP contribution in [0.5, 0.6) is 5.75 Å². The molecule has 0 atom stereocenters. The van der Waals surface area contributed by atoms with Gasteiger partial charge in [0.05, 0.1) is 7.11 Å². The van der Waals surface area contributed by atoms with E-state index in [0.717, 1.165) is 38.1 Å². The minimum atomic E-state index is 0.343. The zero-order valence-electron chi connectivity index (χ0n) is 12.4. The third kappa shape index (κ3) is 4.55. The number of aryl methyl sites for hydroxylation is 1. The lowest BCUT2D eigenvalue weighted by molar-refractivity contribution is -0.132. The monoisotopic (exact) mass is 275 g/mol. The number of carbonyl (C=O) groups excluding carboxylic acids is 1. The van der Waals surface area contributed by atoms with Crippen LogP contribution in [0, 0.1) is 0 Å². The van der Waals surface area contributed by atoms with Gasteiger partial charge in [0.15, 0.2) is 0 Å². The van der Waals surface area contributed by atoms with Gasteiger partial charge in [0.1, 0.15) is 5.75 Å². The Morgan fingerprint density at radius 3 is 2.75 bits per heavy atom. The fourth-order valence-electron chi connectivity index (χ4n) is 2.73. The van der Waals surface area contributed by atoms with E-state index in [4.69, 9.17) is 4.74 Å². The number of rotatable bonds is 6. The zero-order valence-corrected chi connectivity index (χ0v) is 12.4. The van der Waals surface area contributed by atoms with Crippen LogP contribution < -0.4 is 4.74 Å². The van der Waals surface area contributed by atoms with Gasteiger partial charge in [-0.2, -0.15) is 0 Å². The van der Waals surface area contributed by atoms with E-state index in [1.54, 1.807) is 7.11 Å². The summed E-state index contributed by atoms with van der Waals surface area (Å²) < 4.78 is 5.22. The maximum Gasteiger partial charge on any atom is 0.222 e. The molecule has 1 heterocycles. The van der Waals surface area contributed by atoms with Crippen molar-refractivity contribution in [3.8, 4) is 5.75 Å². The molecule has 0 unspecified atom stereocenters. The number of amides is 1. The number of piperidine rings is 1. The van der Waals surface area contributed by atoms with E-state index in [1.165, 1.54) is 24.8 Å². The summed E-state index contributed by atoms with van der Waals surface area (Å²) in [5.74, 6) is 1.25. The normalized spacial score (nSPS) is 15.2. The molecule has 3 nitrogen and oxygen atoms in total. The number of carbonyl (C=O) groups is 1. The van der Waals surface area contributed by atoms with Crippen molar-refractivity contribution in [3.63, 3.8) is 0 Å². The summed E-state index contributed by atoms with van der Waals surface area (Å²) in [6.45, 7) is 1.93. The Balaban J connectivity index is 1.66. The smallest absolute Gasteiger partial charge is 0.222 e. The summed E-state index contributed by atoms with van der Waals surface area (Å²) in [4.78, 5) is 14.1. The SMILES string of the molecule is COc1cccc(CCCCC(=O)N2CCCCC2)c1. The lowest BCUT2D eigenvalue weighted by Crippen LogP contribution is -2.35. The molecule has 1 saturated heterocycles. The molecule has 0 bridgehead atoms. The van der Waals surface area contributed by atoms with E-state index >= 15 is 0 Å². The van der Waals surface area contributed by atoms with Crippen LogP contribution in [0.3, 0.4) is 0 Å². The van der Waals surface area contributed by atoms with Gasteiger partial charge in [0.25, 0.3) is 0 Å². The van der Waals surface area contributed by atoms with Gasteiger partial charge in [-0.05, 0) is 56.2 Å². The first-order valence-corrected chi connectivity index (χ1v) is 7.70. The molecule has 1 amide bonds. The number of likely N-dealkylation sites (tertiary alicyclic amines) is 1. The van der Waals surface area contributed by atoms with Crippen LogP contribution in [0.2, 0.25) is 0 Å². The minimum absolute atomic E-state index is 0.343. The molecule has 1 aromatic carbocycles. The average molecular weight is 275 g/mol. The first kappa shape index (κ1) is 14.9. The second kappa shape index (κ2) is 7.93. The number of unbranched alkanes of at least 4 members (excludes halogenated alkanes) is 1. The Kier molecular flexibility index (Phi) is 5.90. The minimum Gasteiger partial charge on any atom is -0.497 e. The lowest BCUT2D eigenvalue weighted by Gasteiger charge is -2.26. The van der Waals surface area contributed by atoms with Gasteiger partial charge >= 0.3 is 0 Å². The standard InChI is InChI=1S/C17H25NO2/c1-20-16-10-7-9-15(14-16)8-3-4-11-17(19)18-12-5-2-6-13-18/h7,9-10,14H,2-6,8,11-13H2,1H3. The van der Waals surface area contributed by atoms with Crippen molar-refractivity contribution in [1.82, 2.24) is 4.90 Å². The Morgan fingerprint density at radius 1 is 1.20 bits per heavy atom. The highest BCUT2D eigenvalue weighted by atomic mass is 16.5. The highest BCUT2D eigenvalue weighted by molar-refractivity contribution is 5.76. The highest BCUT2D eigenvalue weighted by Gasteiger charge is 2.15. The van der Waals surface area contributed by atoms with E-state index in [9.17, 15) is 4.79 Å².